The molecule has 2 amide bonds. The van der Waals surface area contributed by atoms with Crippen LogP contribution in [0, 0.1) is 0 Å². The van der Waals surface area contributed by atoms with Crippen molar-refractivity contribution in [3.05, 3.63) is 77.9 Å². The third-order valence-electron chi connectivity index (χ3n) is 4.88. The molecule has 4 rings (SSSR count). The summed E-state index contributed by atoms with van der Waals surface area (Å²) < 4.78 is 1.81. The molecule has 3 aromatic rings. The van der Waals surface area contributed by atoms with Crippen molar-refractivity contribution in [2.24, 2.45) is 0 Å². The van der Waals surface area contributed by atoms with Gasteiger partial charge in [-0.1, -0.05) is 12.1 Å². The number of rotatable bonds is 5. The molecule has 29 heavy (non-hydrogen) atoms. The van der Waals surface area contributed by atoms with E-state index in [-0.39, 0.29) is 30.0 Å². The van der Waals surface area contributed by atoms with Crippen LogP contribution >= 0.6 is 0 Å². The second kappa shape index (κ2) is 8.14. The van der Waals surface area contributed by atoms with Crippen molar-refractivity contribution in [3.8, 4) is 5.75 Å². The molecule has 1 aromatic carbocycles. The van der Waals surface area contributed by atoms with Crippen LogP contribution in [0.1, 0.15) is 34.2 Å². The van der Waals surface area contributed by atoms with E-state index in [1.807, 2.05) is 28.9 Å². The van der Waals surface area contributed by atoms with E-state index < -0.39 is 0 Å². The molecule has 1 aliphatic heterocycles. The van der Waals surface area contributed by atoms with Crippen LogP contribution in [-0.2, 0) is 17.9 Å². The number of amides is 2. The largest absolute Gasteiger partial charge is 0.508 e. The molecule has 0 bridgehead atoms. The van der Waals surface area contributed by atoms with E-state index in [4.69, 9.17) is 0 Å². The Morgan fingerprint density at radius 1 is 1.14 bits per heavy atom. The summed E-state index contributed by atoms with van der Waals surface area (Å²) >= 11 is 0. The maximum Gasteiger partial charge on any atom is 0.254 e. The number of nitrogens with zero attached hydrogens (tertiary/aromatic N) is 4. The SMILES string of the molecule is O=C(C[C@@H]1CN(C(=O)c2cccc(O)c2)Cc2ccnn21)NCc1ccccn1. The Hall–Kier alpha value is -3.68. The highest BCUT2D eigenvalue weighted by molar-refractivity contribution is 5.94. The Bertz CT molecular complexity index is 1020. The molecular formula is C21H21N5O3. The molecule has 1 aliphatic rings. The smallest absolute Gasteiger partial charge is 0.254 e. The Morgan fingerprint density at radius 2 is 2.03 bits per heavy atom. The monoisotopic (exact) mass is 391 g/mol. The van der Waals surface area contributed by atoms with Gasteiger partial charge in [0.1, 0.15) is 5.75 Å². The lowest BCUT2D eigenvalue weighted by molar-refractivity contribution is -0.122. The zero-order chi connectivity index (χ0) is 20.2. The molecule has 2 aromatic heterocycles. The fourth-order valence-corrected chi connectivity index (χ4v) is 3.49. The maximum atomic E-state index is 12.9. The summed E-state index contributed by atoms with van der Waals surface area (Å²) in [5.74, 6) is -0.274. The molecular weight excluding hydrogens is 370 g/mol. The number of nitrogens with one attached hydrogen (secondary N) is 1. The summed E-state index contributed by atoms with van der Waals surface area (Å²) in [6.07, 6.45) is 3.56. The number of hydrogen-bond donors (Lipinski definition) is 2. The lowest BCUT2D eigenvalue weighted by Gasteiger charge is -2.33. The molecule has 8 nitrogen and oxygen atoms in total. The Kier molecular flexibility index (Phi) is 5.24. The Labute approximate surface area is 167 Å². The van der Waals surface area contributed by atoms with Crippen LogP contribution in [0.2, 0.25) is 0 Å². The average molecular weight is 391 g/mol. The van der Waals surface area contributed by atoms with Crippen molar-refractivity contribution in [3.63, 3.8) is 0 Å². The fourth-order valence-electron chi connectivity index (χ4n) is 3.49. The van der Waals surface area contributed by atoms with Crippen molar-refractivity contribution >= 4 is 11.8 Å². The van der Waals surface area contributed by atoms with Gasteiger partial charge >= 0.3 is 0 Å². The number of phenols is 1. The quantitative estimate of drug-likeness (QED) is 0.692. The van der Waals surface area contributed by atoms with E-state index in [0.29, 0.717) is 25.2 Å². The molecule has 0 spiro atoms. The highest BCUT2D eigenvalue weighted by Crippen LogP contribution is 2.25. The van der Waals surface area contributed by atoms with Gasteiger partial charge < -0.3 is 15.3 Å². The first-order valence-electron chi connectivity index (χ1n) is 9.37. The number of hydrogen-bond acceptors (Lipinski definition) is 5. The minimum Gasteiger partial charge on any atom is -0.508 e. The summed E-state index contributed by atoms with van der Waals surface area (Å²) in [6.45, 7) is 1.12. The maximum absolute atomic E-state index is 12.9. The molecule has 0 fully saturated rings. The van der Waals surface area contributed by atoms with Crippen molar-refractivity contribution in [1.29, 1.82) is 0 Å². The standard InChI is InChI=1S/C21H21N5O3/c27-19-6-3-4-15(10-19)21(29)25-13-17-7-9-24-26(17)18(14-25)11-20(28)23-12-16-5-1-2-8-22-16/h1-10,18,27H,11-14H2,(H,23,28)/t18-/m1/s1. The van der Waals surface area contributed by atoms with E-state index in [0.717, 1.165) is 11.4 Å². The van der Waals surface area contributed by atoms with Crippen LogP contribution in [0.25, 0.3) is 0 Å². The van der Waals surface area contributed by atoms with E-state index in [2.05, 4.69) is 15.4 Å². The van der Waals surface area contributed by atoms with Crippen LogP contribution < -0.4 is 5.32 Å². The Morgan fingerprint density at radius 3 is 2.83 bits per heavy atom. The van der Waals surface area contributed by atoms with Crippen molar-refractivity contribution in [2.45, 2.75) is 25.6 Å². The minimum atomic E-state index is -0.265. The van der Waals surface area contributed by atoms with Gasteiger partial charge in [-0.05, 0) is 36.4 Å². The molecule has 0 saturated heterocycles. The van der Waals surface area contributed by atoms with Crippen LogP contribution in [0.15, 0.2) is 60.9 Å². The molecule has 8 heteroatoms. The van der Waals surface area contributed by atoms with Gasteiger partial charge in [-0.25, -0.2) is 0 Å². The fraction of sp³-hybridized carbons (Fsp3) is 0.238. The zero-order valence-corrected chi connectivity index (χ0v) is 15.7. The summed E-state index contributed by atoms with van der Waals surface area (Å²) in [4.78, 5) is 31.3. The number of benzene rings is 1. The van der Waals surface area contributed by atoms with Crippen LogP contribution in [0.4, 0.5) is 0 Å². The lowest BCUT2D eigenvalue weighted by atomic mass is 10.1. The number of carbonyl (C=O) groups excluding carboxylic acids is 2. The van der Waals surface area contributed by atoms with Gasteiger partial charge in [0.25, 0.3) is 5.91 Å². The van der Waals surface area contributed by atoms with E-state index in [1.165, 1.54) is 12.1 Å². The van der Waals surface area contributed by atoms with E-state index in [1.54, 1.807) is 29.4 Å². The highest BCUT2D eigenvalue weighted by atomic mass is 16.3. The summed E-state index contributed by atoms with van der Waals surface area (Å²) in [5.41, 5.74) is 2.06. The normalized spacial score (nSPS) is 15.6. The molecule has 0 radical (unpaired) electrons. The van der Waals surface area contributed by atoms with Gasteiger partial charge in [-0.2, -0.15) is 5.10 Å². The van der Waals surface area contributed by atoms with Crippen LogP contribution in [0.5, 0.6) is 5.75 Å². The molecule has 0 aliphatic carbocycles. The predicted octanol–water partition coefficient (Wildman–Crippen LogP) is 1.89. The second-order valence-corrected chi connectivity index (χ2v) is 6.96. The van der Waals surface area contributed by atoms with Crippen molar-refractivity contribution in [2.75, 3.05) is 6.54 Å². The lowest BCUT2D eigenvalue weighted by Crippen LogP contribution is -2.42. The summed E-state index contributed by atoms with van der Waals surface area (Å²) in [6, 6.07) is 13.4. The number of fused-ring (bicyclic) bond motifs is 1. The topological polar surface area (TPSA) is 100 Å². The molecule has 3 heterocycles. The number of pyridine rings is 1. The number of carbonyl (C=O) groups is 2. The first kappa shape index (κ1) is 18.7. The zero-order valence-electron chi connectivity index (χ0n) is 15.7. The van der Waals surface area contributed by atoms with Gasteiger partial charge in [0.2, 0.25) is 5.91 Å². The van der Waals surface area contributed by atoms with E-state index >= 15 is 0 Å². The van der Waals surface area contributed by atoms with Gasteiger partial charge in [0.05, 0.1) is 36.9 Å². The highest BCUT2D eigenvalue weighted by Gasteiger charge is 2.30. The van der Waals surface area contributed by atoms with Gasteiger partial charge in [0, 0.05) is 24.5 Å². The minimum absolute atomic E-state index is 0.0448. The van der Waals surface area contributed by atoms with Crippen LogP contribution in [0.3, 0.4) is 0 Å². The van der Waals surface area contributed by atoms with Gasteiger partial charge in [-0.3, -0.25) is 19.3 Å². The Balaban J connectivity index is 1.45. The van der Waals surface area contributed by atoms with Crippen molar-refractivity contribution < 1.29 is 14.7 Å². The van der Waals surface area contributed by atoms with Crippen LogP contribution in [-0.4, -0.2) is 43.1 Å². The average Bonchev–Trinajstić information content (AvgIpc) is 3.21. The molecule has 2 N–H and O–H groups in total. The number of aromatic hydroxyl groups is 1. The second-order valence-electron chi connectivity index (χ2n) is 6.96. The molecule has 0 unspecified atom stereocenters. The summed E-state index contributed by atoms with van der Waals surface area (Å²) in [5, 5.41) is 16.9. The number of phenolic OH excluding ortho intramolecular Hbond substituents is 1. The van der Waals surface area contributed by atoms with Gasteiger partial charge in [0.15, 0.2) is 0 Å². The third kappa shape index (κ3) is 4.26. The first-order chi connectivity index (χ1) is 14.1. The summed E-state index contributed by atoms with van der Waals surface area (Å²) in [7, 11) is 0. The third-order valence-corrected chi connectivity index (χ3v) is 4.88. The first-order valence-corrected chi connectivity index (χ1v) is 9.37. The predicted molar refractivity (Wildman–Crippen MR) is 105 cm³/mol. The number of aromatic nitrogens is 3. The molecule has 0 saturated carbocycles. The van der Waals surface area contributed by atoms with E-state index in [9.17, 15) is 14.7 Å². The molecule has 148 valence electrons. The molecule has 1 atom stereocenters. The van der Waals surface area contributed by atoms with Gasteiger partial charge in [-0.15, -0.1) is 0 Å². The van der Waals surface area contributed by atoms with Crippen molar-refractivity contribution in [1.82, 2.24) is 25.0 Å².